The number of aromatic nitrogens is 3. The van der Waals surface area contributed by atoms with Crippen LogP contribution >= 0.6 is 0 Å². The monoisotopic (exact) mass is 185 g/mol. The van der Waals surface area contributed by atoms with Crippen LogP contribution in [-0.2, 0) is 0 Å². The summed E-state index contributed by atoms with van der Waals surface area (Å²) in [6, 6.07) is 9.75. The van der Waals surface area contributed by atoms with Crippen LogP contribution in [0.1, 0.15) is 0 Å². The van der Waals surface area contributed by atoms with Gasteiger partial charge in [0.15, 0.2) is 5.58 Å². The number of H-pyrrole nitrogens is 1. The number of nitrogens with one attached hydrogen (secondary N) is 1. The molecule has 14 heavy (non-hydrogen) atoms. The van der Waals surface area contributed by atoms with Crippen molar-refractivity contribution in [3.63, 3.8) is 0 Å². The smallest absolute Gasteiger partial charge is 0.188 e. The number of hydrogen-bond acceptors (Lipinski definition) is 3. The van der Waals surface area contributed by atoms with Gasteiger partial charge in [-0.15, -0.1) is 5.10 Å². The lowest BCUT2D eigenvalue weighted by atomic mass is 10.1. The number of rotatable bonds is 1. The first-order valence-electron chi connectivity index (χ1n) is 4.29. The van der Waals surface area contributed by atoms with E-state index >= 15 is 0 Å². The molecular formula is C10H7N3O. The van der Waals surface area contributed by atoms with Crippen molar-refractivity contribution in [1.29, 1.82) is 0 Å². The first-order chi connectivity index (χ1) is 6.93. The molecule has 0 aliphatic heterocycles. The molecule has 0 amide bonds. The molecule has 0 unspecified atom stereocenters. The maximum absolute atomic E-state index is 4.98. The third kappa shape index (κ3) is 1.01. The van der Waals surface area contributed by atoms with Crippen LogP contribution in [0.5, 0.6) is 0 Å². The Kier molecular flexibility index (Phi) is 1.41. The van der Waals surface area contributed by atoms with Crippen LogP contribution in [0.4, 0.5) is 0 Å². The molecule has 1 aromatic carbocycles. The maximum Gasteiger partial charge on any atom is 0.188 e. The Morgan fingerprint density at radius 3 is 3.07 bits per heavy atom. The molecule has 0 radical (unpaired) electrons. The maximum atomic E-state index is 4.98. The van der Waals surface area contributed by atoms with Gasteiger partial charge in [0.25, 0.3) is 0 Å². The number of benzene rings is 1. The standard InChI is InChI=1S/C10H7N3O/c1-2-8(11-5-1)7-3-4-9-10(6-7)14-13-12-9/h1-6,11H. The van der Waals surface area contributed by atoms with Gasteiger partial charge in [0.05, 0.1) is 0 Å². The predicted molar refractivity (Wildman–Crippen MR) is 51.6 cm³/mol. The van der Waals surface area contributed by atoms with Gasteiger partial charge in [0.2, 0.25) is 0 Å². The molecule has 0 spiro atoms. The highest BCUT2D eigenvalue weighted by molar-refractivity contribution is 5.78. The van der Waals surface area contributed by atoms with E-state index in [1.54, 1.807) is 0 Å². The summed E-state index contributed by atoms with van der Waals surface area (Å²) in [6.07, 6.45) is 1.89. The van der Waals surface area contributed by atoms with Gasteiger partial charge in [0, 0.05) is 22.7 Å². The SMILES string of the molecule is c1c[nH]c(-c2ccc3nnoc3c2)c1. The zero-order valence-corrected chi connectivity index (χ0v) is 7.27. The van der Waals surface area contributed by atoms with E-state index in [-0.39, 0.29) is 0 Å². The largest absolute Gasteiger partial charge is 0.361 e. The molecule has 2 aromatic heterocycles. The highest BCUT2D eigenvalue weighted by atomic mass is 16.5. The van der Waals surface area contributed by atoms with E-state index in [0.29, 0.717) is 5.58 Å². The molecule has 0 fully saturated rings. The fourth-order valence-corrected chi connectivity index (χ4v) is 1.46. The molecule has 0 bridgehead atoms. The quantitative estimate of drug-likeness (QED) is 0.632. The van der Waals surface area contributed by atoms with Crippen LogP contribution in [0, 0.1) is 0 Å². The fourth-order valence-electron chi connectivity index (χ4n) is 1.46. The second-order valence-electron chi connectivity index (χ2n) is 3.04. The highest BCUT2D eigenvalue weighted by Crippen LogP contribution is 2.21. The average Bonchev–Trinajstić information content (AvgIpc) is 2.88. The Morgan fingerprint density at radius 1 is 1.21 bits per heavy atom. The lowest BCUT2D eigenvalue weighted by molar-refractivity contribution is 0.424. The fraction of sp³-hybridized carbons (Fsp3) is 0. The molecule has 0 saturated carbocycles. The zero-order valence-electron chi connectivity index (χ0n) is 7.27. The number of fused-ring (bicyclic) bond motifs is 1. The minimum Gasteiger partial charge on any atom is -0.361 e. The van der Waals surface area contributed by atoms with Crippen molar-refractivity contribution in [2.24, 2.45) is 0 Å². The van der Waals surface area contributed by atoms with Gasteiger partial charge in [0.1, 0.15) is 5.52 Å². The van der Waals surface area contributed by atoms with Crippen molar-refractivity contribution in [3.8, 4) is 11.3 Å². The van der Waals surface area contributed by atoms with Gasteiger partial charge in [-0.1, -0.05) is 6.07 Å². The van der Waals surface area contributed by atoms with Gasteiger partial charge in [-0.3, -0.25) is 0 Å². The van der Waals surface area contributed by atoms with Crippen LogP contribution in [0.2, 0.25) is 0 Å². The number of nitrogens with zero attached hydrogens (tertiary/aromatic N) is 2. The van der Waals surface area contributed by atoms with Gasteiger partial charge in [-0.25, -0.2) is 0 Å². The molecule has 68 valence electrons. The van der Waals surface area contributed by atoms with Crippen molar-refractivity contribution in [2.45, 2.75) is 0 Å². The highest BCUT2D eigenvalue weighted by Gasteiger charge is 2.03. The summed E-state index contributed by atoms with van der Waals surface area (Å²) in [6.45, 7) is 0. The summed E-state index contributed by atoms with van der Waals surface area (Å²) >= 11 is 0. The van der Waals surface area contributed by atoms with Crippen molar-refractivity contribution >= 4 is 11.1 Å². The Bertz CT molecular complexity index is 554. The van der Waals surface area contributed by atoms with E-state index in [9.17, 15) is 0 Å². The Labute approximate surface area is 79.5 Å². The average molecular weight is 185 g/mol. The first kappa shape index (κ1) is 7.32. The van der Waals surface area contributed by atoms with Gasteiger partial charge >= 0.3 is 0 Å². The predicted octanol–water partition coefficient (Wildman–Crippen LogP) is 2.22. The third-order valence-electron chi connectivity index (χ3n) is 2.16. The van der Waals surface area contributed by atoms with Crippen LogP contribution in [-0.4, -0.2) is 15.4 Å². The molecule has 1 N–H and O–H groups in total. The van der Waals surface area contributed by atoms with Gasteiger partial charge in [-0.2, -0.15) is 0 Å². The normalized spacial score (nSPS) is 10.9. The molecular weight excluding hydrogens is 178 g/mol. The zero-order chi connectivity index (χ0) is 9.38. The van der Waals surface area contributed by atoms with Crippen LogP contribution < -0.4 is 0 Å². The second-order valence-corrected chi connectivity index (χ2v) is 3.04. The summed E-state index contributed by atoms with van der Waals surface area (Å²) in [5.41, 5.74) is 3.61. The summed E-state index contributed by atoms with van der Waals surface area (Å²) in [5, 5.41) is 7.30. The number of hydrogen-bond donors (Lipinski definition) is 1. The Morgan fingerprint density at radius 2 is 2.21 bits per heavy atom. The minimum absolute atomic E-state index is 0.706. The van der Waals surface area contributed by atoms with E-state index in [1.807, 2.05) is 36.5 Å². The molecule has 0 aliphatic rings. The second kappa shape index (κ2) is 2.70. The topological polar surface area (TPSA) is 54.7 Å². The first-order valence-corrected chi connectivity index (χ1v) is 4.29. The van der Waals surface area contributed by atoms with Crippen LogP contribution in [0.25, 0.3) is 22.4 Å². The van der Waals surface area contributed by atoms with Crippen LogP contribution in [0.15, 0.2) is 41.1 Å². The van der Waals surface area contributed by atoms with Crippen molar-refractivity contribution in [2.75, 3.05) is 0 Å². The molecule has 2 heterocycles. The molecule has 0 atom stereocenters. The molecule has 0 aliphatic carbocycles. The molecule has 3 aromatic rings. The summed E-state index contributed by atoms with van der Waals surface area (Å²) in [4.78, 5) is 3.13. The summed E-state index contributed by atoms with van der Waals surface area (Å²) in [7, 11) is 0. The van der Waals surface area contributed by atoms with Gasteiger partial charge in [-0.05, 0) is 24.3 Å². The van der Waals surface area contributed by atoms with E-state index in [4.69, 9.17) is 4.52 Å². The summed E-state index contributed by atoms with van der Waals surface area (Å²) < 4.78 is 4.98. The van der Waals surface area contributed by atoms with Gasteiger partial charge < -0.3 is 9.51 Å². The van der Waals surface area contributed by atoms with Crippen molar-refractivity contribution < 1.29 is 4.52 Å². The Balaban J connectivity index is 2.23. The van der Waals surface area contributed by atoms with E-state index in [1.165, 1.54) is 0 Å². The Hall–Kier alpha value is -2.10. The molecule has 4 heteroatoms. The van der Waals surface area contributed by atoms with Crippen LogP contribution in [0.3, 0.4) is 0 Å². The van der Waals surface area contributed by atoms with E-state index in [0.717, 1.165) is 16.8 Å². The van der Waals surface area contributed by atoms with Crippen molar-refractivity contribution in [3.05, 3.63) is 36.5 Å². The molecule has 3 rings (SSSR count). The van der Waals surface area contributed by atoms with E-state index in [2.05, 4.69) is 15.4 Å². The lowest BCUT2D eigenvalue weighted by Gasteiger charge is -1.95. The minimum atomic E-state index is 0.706. The molecule has 4 nitrogen and oxygen atoms in total. The summed E-state index contributed by atoms with van der Waals surface area (Å²) in [5.74, 6) is 0. The lowest BCUT2D eigenvalue weighted by Crippen LogP contribution is -1.76. The van der Waals surface area contributed by atoms with E-state index < -0.39 is 0 Å². The third-order valence-corrected chi connectivity index (χ3v) is 2.16. The number of aromatic amines is 1. The van der Waals surface area contributed by atoms with Crippen molar-refractivity contribution in [1.82, 2.24) is 15.4 Å². The molecule has 0 saturated heterocycles.